The van der Waals surface area contributed by atoms with Crippen LogP contribution in [0.1, 0.15) is 16.7 Å². The average molecular weight is 374 g/mol. The van der Waals surface area contributed by atoms with Gasteiger partial charge in [-0.2, -0.15) is 0 Å². The lowest BCUT2D eigenvalue weighted by Crippen LogP contribution is -2.16. The molecule has 3 aromatic carbocycles. The molecule has 0 bridgehead atoms. The molecule has 0 aromatic heterocycles. The van der Waals surface area contributed by atoms with E-state index >= 15 is 0 Å². The summed E-state index contributed by atoms with van der Waals surface area (Å²) in [6, 6.07) is 25.0. The Labute approximate surface area is 164 Å². The highest BCUT2D eigenvalue weighted by Crippen LogP contribution is 2.14. The Morgan fingerprint density at radius 1 is 0.964 bits per heavy atom. The van der Waals surface area contributed by atoms with Crippen molar-refractivity contribution in [2.24, 2.45) is 5.16 Å². The van der Waals surface area contributed by atoms with Crippen molar-refractivity contribution < 1.29 is 14.4 Å². The summed E-state index contributed by atoms with van der Waals surface area (Å²) in [5.41, 5.74) is 3.93. The molecule has 0 saturated carbocycles. The predicted octanol–water partition coefficient (Wildman–Crippen LogP) is 4.56. The van der Waals surface area contributed by atoms with Crippen LogP contribution in [0, 0.1) is 6.92 Å². The van der Waals surface area contributed by atoms with Gasteiger partial charge in [-0.25, -0.2) is 0 Å². The molecule has 0 atom stereocenters. The van der Waals surface area contributed by atoms with Gasteiger partial charge < -0.3 is 14.9 Å². The van der Waals surface area contributed by atoms with Crippen molar-refractivity contribution in [1.82, 2.24) is 0 Å². The zero-order valence-electron chi connectivity index (χ0n) is 15.7. The monoisotopic (exact) mass is 374 g/mol. The lowest BCUT2D eigenvalue weighted by molar-refractivity contribution is -0.120. The van der Waals surface area contributed by atoms with Gasteiger partial charge in [-0.3, -0.25) is 4.79 Å². The summed E-state index contributed by atoms with van der Waals surface area (Å²) >= 11 is 0. The predicted molar refractivity (Wildman–Crippen MR) is 111 cm³/mol. The maximum absolute atomic E-state index is 11.7. The van der Waals surface area contributed by atoms with Crippen molar-refractivity contribution >= 4 is 17.8 Å². The topological polar surface area (TPSA) is 59.9 Å². The van der Waals surface area contributed by atoms with Crippen LogP contribution in [0.15, 0.2) is 84.0 Å². The summed E-state index contributed by atoms with van der Waals surface area (Å²) in [4.78, 5) is 16.8. The third kappa shape index (κ3) is 6.29. The summed E-state index contributed by atoms with van der Waals surface area (Å²) in [7, 11) is 0. The molecule has 1 N–H and O–H groups in total. The van der Waals surface area contributed by atoms with Crippen molar-refractivity contribution in [2.45, 2.75) is 13.5 Å². The Bertz CT molecular complexity index is 905. The molecule has 0 aliphatic carbocycles. The van der Waals surface area contributed by atoms with Gasteiger partial charge >= 0.3 is 0 Å². The number of hydrogen-bond donors (Lipinski definition) is 1. The minimum absolute atomic E-state index is 0.150. The van der Waals surface area contributed by atoms with Gasteiger partial charge in [-0.1, -0.05) is 53.2 Å². The molecule has 0 radical (unpaired) electrons. The first-order valence-corrected chi connectivity index (χ1v) is 8.98. The van der Waals surface area contributed by atoms with Gasteiger partial charge in [-0.15, -0.1) is 0 Å². The lowest BCUT2D eigenvalue weighted by atomic mass is 10.2. The van der Waals surface area contributed by atoms with Gasteiger partial charge in [0, 0.05) is 5.69 Å². The number of para-hydroxylation sites is 1. The van der Waals surface area contributed by atoms with Gasteiger partial charge in [-0.05, 0) is 54.4 Å². The molecular formula is C23H22N2O3. The second kappa shape index (κ2) is 9.92. The number of oxime groups is 1. The van der Waals surface area contributed by atoms with Crippen LogP contribution in [0.25, 0.3) is 0 Å². The van der Waals surface area contributed by atoms with E-state index in [9.17, 15) is 4.79 Å². The van der Waals surface area contributed by atoms with Gasteiger partial charge in [0.25, 0.3) is 5.91 Å². The number of aryl methyl sites for hydroxylation is 1. The number of rotatable bonds is 8. The number of carbonyl (C=O) groups is 1. The second-order valence-electron chi connectivity index (χ2n) is 6.27. The van der Waals surface area contributed by atoms with E-state index in [-0.39, 0.29) is 12.5 Å². The summed E-state index contributed by atoms with van der Waals surface area (Å²) in [5.74, 6) is 0.518. The molecule has 5 nitrogen and oxygen atoms in total. The fourth-order valence-electron chi connectivity index (χ4n) is 2.41. The lowest BCUT2D eigenvalue weighted by Gasteiger charge is -2.07. The normalized spacial score (nSPS) is 10.6. The summed E-state index contributed by atoms with van der Waals surface area (Å²) in [5, 5.41) is 6.55. The second-order valence-corrected chi connectivity index (χ2v) is 6.27. The van der Waals surface area contributed by atoms with Crippen LogP contribution in [0.3, 0.4) is 0 Å². The molecule has 0 aliphatic heterocycles. The van der Waals surface area contributed by atoms with Gasteiger partial charge in [0.1, 0.15) is 12.4 Å². The van der Waals surface area contributed by atoms with Crippen LogP contribution in [0.4, 0.5) is 5.69 Å². The van der Waals surface area contributed by atoms with E-state index in [0.29, 0.717) is 6.61 Å². The van der Waals surface area contributed by atoms with Crippen LogP contribution in [0.2, 0.25) is 0 Å². The highest BCUT2D eigenvalue weighted by molar-refractivity contribution is 5.91. The average Bonchev–Trinajstić information content (AvgIpc) is 2.72. The number of nitrogens with zero attached hydrogens (tertiary/aromatic N) is 1. The van der Waals surface area contributed by atoms with E-state index in [0.717, 1.165) is 22.6 Å². The molecule has 0 fully saturated rings. The standard InChI is InChI=1S/C23H22N2O3/c1-18-7-9-20(10-8-18)16-27-22-13-11-19(12-14-22)15-24-28-17-23(26)25-21-5-3-2-4-6-21/h2-15H,16-17H2,1H3,(H,25,26)/b24-15+. The Morgan fingerprint density at radius 3 is 2.39 bits per heavy atom. The van der Waals surface area contributed by atoms with Gasteiger partial charge in [0.05, 0.1) is 6.21 Å². The largest absolute Gasteiger partial charge is 0.489 e. The first kappa shape index (κ1) is 19.2. The van der Waals surface area contributed by atoms with Crippen LogP contribution in [0.5, 0.6) is 5.75 Å². The molecule has 0 aliphatic rings. The molecule has 3 rings (SSSR count). The molecule has 3 aromatic rings. The first-order valence-electron chi connectivity index (χ1n) is 8.98. The molecule has 5 heteroatoms. The quantitative estimate of drug-likeness (QED) is 0.464. The van der Waals surface area contributed by atoms with E-state index in [1.54, 1.807) is 6.21 Å². The summed E-state index contributed by atoms with van der Waals surface area (Å²) < 4.78 is 5.77. The molecule has 0 saturated heterocycles. The number of nitrogens with one attached hydrogen (secondary N) is 1. The third-order valence-electron chi connectivity index (χ3n) is 3.94. The fourth-order valence-corrected chi connectivity index (χ4v) is 2.41. The first-order chi connectivity index (χ1) is 13.7. The van der Waals surface area contributed by atoms with Crippen molar-refractivity contribution in [3.63, 3.8) is 0 Å². The zero-order valence-corrected chi connectivity index (χ0v) is 15.7. The van der Waals surface area contributed by atoms with Crippen molar-refractivity contribution in [3.05, 3.63) is 95.6 Å². The van der Waals surface area contributed by atoms with Crippen molar-refractivity contribution in [3.8, 4) is 5.75 Å². The number of amides is 1. The van der Waals surface area contributed by atoms with Crippen molar-refractivity contribution in [1.29, 1.82) is 0 Å². The van der Waals surface area contributed by atoms with Crippen LogP contribution >= 0.6 is 0 Å². The Morgan fingerprint density at radius 2 is 1.68 bits per heavy atom. The maximum atomic E-state index is 11.7. The molecule has 0 unspecified atom stereocenters. The Kier molecular flexibility index (Phi) is 6.79. The molecule has 142 valence electrons. The van der Waals surface area contributed by atoms with Crippen molar-refractivity contribution in [2.75, 3.05) is 11.9 Å². The number of benzene rings is 3. The molecule has 1 amide bonds. The molecule has 0 heterocycles. The minimum Gasteiger partial charge on any atom is -0.489 e. The highest BCUT2D eigenvalue weighted by atomic mass is 16.6. The van der Waals surface area contributed by atoms with Gasteiger partial charge in [0.15, 0.2) is 6.61 Å². The Hall–Kier alpha value is -3.60. The zero-order chi connectivity index (χ0) is 19.6. The van der Waals surface area contributed by atoms with E-state index in [1.807, 2.05) is 54.6 Å². The number of ether oxygens (including phenoxy) is 1. The molecule has 0 spiro atoms. The maximum Gasteiger partial charge on any atom is 0.265 e. The SMILES string of the molecule is Cc1ccc(COc2ccc(/C=N/OCC(=O)Nc3ccccc3)cc2)cc1. The van der Waals surface area contributed by atoms with Crippen LogP contribution in [-0.4, -0.2) is 18.7 Å². The van der Waals surface area contributed by atoms with Crippen LogP contribution in [-0.2, 0) is 16.2 Å². The van der Waals surface area contributed by atoms with Crippen LogP contribution < -0.4 is 10.1 Å². The van der Waals surface area contributed by atoms with E-state index in [2.05, 4.69) is 41.7 Å². The fraction of sp³-hybridized carbons (Fsp3) is 0.130. The van der Waals surface area contributed by atoms with Gasteiger partial charge in [0.2, 0.25) is 0 Å². The van der Waals surface area contributed by atoms with E-state index in [4.69, 9.17) is 9.57 Å². The Balaban J connectivity index is 1.41. The molecule has 28 heavy (non-hydrogen) atoms. The van der Waals surface area contributed by atoms with E-state index in [1.165, 1.54) is 5.56 Å². The highest BCUT2D eigenvalue weighted by Gasteiger charge is 2.01. The number of hydrogen-bond acceptors (Lipinski definition) is 4. The smallest absolute Gasteiger partial charge is 0.265 e. The summed E-state index contributed by atoms with van der Waals surface area (Å²) in [6.07, 6.45) is 1.56. The number of carbonyl (C=O) groups excluding carboxylic acids is 1. The van der Waals surface area contributed by atoms with E-state index < -0.39 is 0 Å². The minimum atomic E-state index is -0.261. The third-order valence-corrected chi connectivity index (χ3v) is 3.94. The number of anilines is 1. The summed E-state index contributed by atoms with van der Waals surface area (Å²) in [6.45, 7) is 2.43. The molecular weight excluding hydrogens is 352 g/mol.